The first-order chi connectivity index (χ1) is 17.0. The third-order valence-corrected chi connectivity index (χ3v) is 6.79. The van der Waals surface area contributed by atoms with Gasteiger partial charge in [0.05, 0.1) is 11.3 Å². The quantitative estimate of drug-likeness (QED) is 0.187. The number of fused-ring (bicyclic) bond motifs is 2. The van der Waals surface area contributed by atoms with Gasteiger partial charge in [-0.2, -0.15) is 4.68 Å². The predicted octanol–water partition coefficient (Wildman–Crippen LogP) is 2.88. The Labute approximate surface area is 206 Å². The number of benzene rings is 1. The van der Waals surface area contributed by atoms with Gasteiger partial charge in [0.25, 0.3) is 11.1 Å². The Hall–Kier alpha value is -3.34. The summed E-state index contributed by atoms with van der Waals surface area (Å²) in [4.78, 5) is 48.3. The summed E-state index contributed by atoms with van der Waals surface area (Å²) in [7, 11) is 1.46. The molecule has 0 saturated heterocycles. The highest BCUT2D eigenvalue weighted by Crippen LogP contribution is 2.24. The van der Waals surface area contributed by atoms with E-state index < -0.39 is 11.2 Å². The molecule has 0 aliphatic rings. The summed E-state index contributed by atoms with van der Waals surface area (Å²) in [6.45, 7) is 4.56. The average Bonchev–Trinajstić information content (AvgIpc) is 2.87. The van der Waals surface area contributed by atoms with E-state index in [9.17, 15) is 14.4 Å². The molecule has 184 valence electrons. The molecule has 11 heteroatoms. The lowest BCUT2D eigenvalue weighted by molar-refractivity contribution is 0.601. The molecule has 35 heavy (non-hydrogen) atoms. The van der Waals surface area contributed by atoms with Gasteiger partial charge < -0.3 is 0 Å². The summed E-state index contributed by atoms with van der Waals surface area (Å²) in [5, 5.41) is 9.37. The van der Waals surface area contributed by atoms with Crippen molar-refractivity contribution < 1.29 is 0 Å². The second kappa shape index (κ2) is 10.9. The summed E-state index contributed by atoms with van der Waals surface area (Å²) in [6.07, 6.45) is 5.58. The van der Waals surface area contributed by atoms with E-state index in [1.165, 1.54) is 23.5 Å². The van der Waals surface area contributed by atoms with Crippen molar-refractivity contribution in [2.24, 2.45) is 7.05 Å². The van der Waals surface area contributed by atoms with Crippen LogP contribution in [0.1, 0.15) is 51.8 Å². The molecule has 0 spiro atoms. The minimum absolute atomic E-state index is 0.119. The number of nitrogens with zero attached hydrogens (tertiary/aromatic N) is 7. The topological polar surface area (TPSA) is 118 Å². The second-order valence-corrected chi connectivity index (χ2v) is 9.37. The van der Waals surface area contributed by atoms with Crippen molar-refractivity contribution >= 4 is 33.7 Å². The van der Waals surface area contributed by atoms with Gasteiger partial charge in [-0.25, -0.2) is 14.8 Å². The van der Waals surface area contributed by atoms with E-state index in [2.05, 4.69) is 22.2 Å². The van der Waals surface area contributed by atoms with Crippen LogP contribution in [-0.4, -0.2) is 34.1 Å². The zero-order valence-corrected chi connectivity index (χ0v) is 21.0. The largest absolute Gasteiger partial charge is 0.332 e. The van der Waals surface area contributed by atoms with Crippen molar-refractivity contribution in [3.05, 3.63) is 61.3 Å². The number of thioether (sulfide) groups is 1. The van der Waals surface area contributed by atoms with E-state index in [-0.39, 0.29) is 16.8 Å². The van der Waals surface area contributed by atoms with Gasteiger partial charge in [-0.05, 0) is 25.0 Å². The highest BCUT2D eigenvalue weighted by Gasteiger charge is 2.19. The Bertz CT molecular complexity index is 1540. The van der Waals surface area contributed by atoms with Crippen molar-refractivity contribution in [1.82, 2.24) is 34.1 Å². The molecule has 0 amide bonds. The Kier molecular flexibility index (Phi) is 7.74. The van der Waals surface area contributed by atoms with Gasteiger partial charge in [-0.15, -0.1) is 5.10 Å². The summed E-state index contributed by atoms with van der Waals surface area (Å²) in [5.74, 6) is 0.708. The highest BCUT2D eigenvalue weighted by atomic mass is 32.2. The van der Waals surface area contributed by atoms with Crippen LogP contribution in [0.5, 0.6) is 0 Å². The van der Waals surface area contributed by atoms with Crippen molar-refractivity contribution in [2.45, 2.75) is 69.8 Å². The zero-order chi connectivity index (χ0) is 24.9. The summed E-state index contributed by atoms with van der Waals surface area (Å²) >= 11 is 1.22. The monoisotopic (exact) mass is 495 g/mol. The van der Waals surface area contributed by atoms with Crippen LogP contribution in [0.2, 0.25) is 0 Å². The second-order valence-electron chi connectivity index (χ2n) is 8.44. The molecule has 0 atom stereocenters. The van der Waals surface area contributed by atoms with Crippen molar-refractivity contribution in [3.8, 4) is 0 Å². The van der Waals surface area contributed by atoms with Crippen molar-refractivity contribution in [3.63, 3.8) is 0 Å². The Morgan fingerprint density at radius 1 is 0.943 bits per heavy atom. The van der Waals surface area contributed by atoms with Gasteiger partial charge in [0.1, 0.15) is 21.8 Å². The van der Waals surface area contributed by atoms with Crippen LogP contribution in [0.15, 0.2) is 43.7 Å². The first-order valence-electron chi connectivity index (χ1n) is 11.9. The Balaban J connectivity index is 1.80. The number of unbranched alkanes of at least 4 members (excludes halogenated alkanes) is 3. The Morgan fingerprint density at radius 2 is 1.74 bits per heavy atom. The maximum Gasteiger partial charge on any atom is 0.332 e. The Morgan fingerprint density at radius 3 is 2.51 bits per heavy atom. The molecule has 0 saturated carbocycles. The minimum atomic E-state index is -0.450. The first kappa shape index (κ1) is 24.8. The standard InChI is InChI=1S/C24H29N7O3S/c1-4-6-7-8-13-18-25-20-19(23(33)29(3)24(34)30(20)14-5-2)21(26-18)35-15-31-22(32)16-11-9-10-12-17(16)27-28-31/h9-12H,4-8,13-15H2,1-3H3. The number of hydrogen-bond donors (Lipinski definition) is 0. The van der Waals surface area contributed by atoms with Gasteiger partial charge in [-0.3, -0.25) is 18.7 Å². The molecule has 3 heterocycles. The van der Waals surface area contributed by atoms with Crippen LogP contribution in [0.3, 0.4) is 0 Å². The fourth-order valence-corrected chi connectivity index (χ4v) is 4.87. The lowest BCUT2D eigenvalue weighted by atomic mass is 10.1. The fourth-order valence-electron chi connectivity index (χ4n) is 3.96. The normalized spacial score (nSPS) is 11.5. The minimum Gasteiger partial charge on any atom is -0.277 e. The number of aryl methyl sites for hydroxylation is 2. The molecule has 10 nitrogen and oxygen atoms in total. The van der Waals surface area contributed by atoms with Crippen LogP contribution in [-0.2, 0) is 25.9 Å². The lowest BCUT2D eigenvalue weighted by Gasteiger charge is -2.14. The van der Waals surface area contributed by atoms with Crippen LogP contribution >= 0.6 is 11.8 Å². The molecule has 0 radical (unpaired) electrons. The van der Waals surface area contributed by atoms with Gasteiger partial charge >= 0.3 is 5.69 Å². The molecule has 4 aromatic rings. The van der Waals surface area contributed by atoms with Crippen molar-refractivity contribution in [1.29, 1.82) is 0 Å². The van der Waals surface area contributed by atoms with Crippen LogP contribution in [0.25, 0.3) is 21.9 Å². The maximum absolute atomic E-state index is 13.1. The number of rotatable bonds is 10. The highest BCUT2D eigenvalue weighted by molar-refractivity contribution is 7.98. The van der Waals surface area contributed by atoms with E-state index in [4.69, 9.17) is 4.98 Å². The summed E-state index contributed by atoms with van der Waals surface area (Å²) in [5.41, 5.74) is -0.239. The van der Waals surface area contributed by atoms with E-state index in [0.717, 1.165) is 30.3 Å². The molecule has 0 aliphatic carbocycles. The van der Waals surface area contributed by atoms with Gasteiger partial charge in [0.2, 0.25) is 0 Å². The van der Waals surface area contributed by atoms with Crippen molar-refractivity contribution in [2.75, 3.05) is 0 Å². The average molecular weight is 496 g/mol. The van der Waals surface area contributed by atoms with Gasteiger partial charge in [0, 0.05) is 20.0 Å². The summed E-state index contributed by atoms with van der Waals surface area (Å²) in [6, 6.07) is 7.03. The maximum atomic E-state index is 13.1. The van der Waals surface area contributed by atoms with Gasteiger partial charge in [-0.1, -0.05) is 62.2 Å². The number of aromatic nitrogens is 7. The van der Waals surface area contributed by atoms with E-state index >= 15 is 0 Å². The van der Waals surface area contributed by atoms with Crippen LogP contribution < -0.4 is 16.8 Å². The molecular formula is C24H29N7O3S. The molecule has 0 N–H and O–H groups in total. The predicted molar refractivity (Wildman–Crippen MR) is 137 cm³/mol. The fraction of sp³-hybridized carbons (Fsp3) is 0.458. The lowest BCUT2D eigenvalue weighted by Crippen LogP contribution is -2.39. The molecule has 0 unspecified atom stereocenters. The molecule has 0 bridgehead atoms. The molecule has 0 aliphatic heterocycles. The van der Waals surface area contributed by atoms with Crippen LogP contribution in [0, 0.1) is 0 Å². The molecular weight excluding hydrogens is 466 g/mol. The van der Waals surface area contributed by atoms with E-state index in [1.807, 2.05) is 6.92 Å². The summed E-state index contributed by atoms with van der Waals surface area (Å²) < 4.78 is 3.89. The SMILES string of the molecule is CCCCCCc1nc(SCn2nnc3ccccc3c2=O)c2c(=O)n(C)c(=O)n(CCC)c2n1. The number of hydrogen-bond acceptors (Lipinski definition) is 8. The van der Waals surface area contributed by atoms with E-state index in [0.29, 0.717) is 46.8 Å². The first-order valence-corrected chi connectivity index (χ1v) is 12.9. The zero-order valence-electron chi connectivity index (χ0n) is 20.2. The molecule has 3 aromatic heterocycles. The molecule has 1 aromatic carbocycles. The van der Waals surface area contributed by atoms with Crippen LogP contribution in [0.4, 0.5) is 0 Å². The molecule has 4 rings (SSSR count). The van der Waals surface area contributed by atoms with Gasteiger partial charge in [0.15, 0.2) is 5.65 Å². The third kappa shape index (κ3) is 5.04. The molecule has 0 fully saturated rings. The van der Waals surface area contributed by atoms with E-state index in [1.54, 1.807) is 28.8 Å². The third-order valence-electron chi connectivity index (χ3n) is 5.85. The smallest absolute Gasteiger partial charge is 0.277 e.